The Morgan fingerprint density at radius 3 is 2.67 bits per heavy atom. The van der Waals surface area contributed by atoms with Crippen LogP contribution in [0, 0.1) is 0 Å². The maximum Gasteiger partial charge on any atom is 0.251 e. The first-order valence-electron chi connectivity index (χ1n) is 7.27. The number of pyridine rings is 1. The van der Waals surface area contributed by atoms with Crippen LogP contribution in [0.3, 0.4) is 0 Å². The van der Waals surface area contributed by atoms with Gasteiger partial charge in [-0.05, 0) is 32.3 Å². The summed E-state index contributed by atoms with van der Waals surface area (Å²) in [5, 5.41) is 21.8. The first-order chi connectivity index (χ1) is 9.95. The van der Waals surface area contributed by atoms with Crippen LogP contribution in [-0.4, -0.2) is 39.4 Å². The Morgan fingerprint density at radius 2 is 2.14 bits per heavy atom. The van der Waals surface area contributed by atoms with Gasteiger partial charge in [-0.3, -0.25) is 9.59 Å². The van der Waals surface area contributed by atoms with Crippen molar-refractivity contribution in [1.29, 1.82) is 0 Å². The van der Waals surface area contributed by atoms with Gasteiger partial charge >= 0.3 is 0 Å². The topological polar surface area (TPSA) is 91.6 Å². The van der Waals surface area contributed by atoms with Crippen LogP contribution in [0.2, 0.25) is 0 Å². The standard InChI is InChI=1S/C15H24N2O4/c1-3-15(21,7-5-9-18)11-16-14(20)12-6-8-17(4-2)13(19)10-12/h6,8,10,18,21H,3-5,7,9,11H2,1-2H3,(H,16,20)/t15-/m1/s1. The van der Waals surface area contributed by atoms with Gasteiger partial charge in [-0.2, -0.15) is 0 Å². The fourth-order valence-corrected chi connectivity index (χ4v) is 2.06. The number of amides is 1. The average molecular weight is 296 g/mol. The number of aryl methyl sites for hydroxylation is 1. The van der Waals surface area contributed by atoms with E-state index in [9.17, 15) is 14.7 Å². The fourth-order valence-electron chi connectivity index (χ4n) is 2.06. The molecule has 3 N–H and O–H groups in total. The molecule has 1 atom stereocenters. The summed E-state index contributed by atoms with van der Waals surface area (Å²) < 4.78 is 1.50. The number of nitrogens with zero attached hydrogens (tertiary/aromatic N) is 1. The number of aliphatic hydroxyl groups excluding tert-OH is 1. The summed E-state index contributed by atoms with van der Waals surface area (Å²) in [6.07, 6.45) is 2.95. The maximum absolute atomic E-state index is 12.0. The van der Waals surface area contributed by atoms with Crippen molar-refractivity contribution in [2.45, 2.75) is 45.3 Å². The van der Waals surface area contributed by atoms with Gasteiger partial charge < -0.3 is 20.1 Å². The highest BCUT2D eigenvalue weighted by Gasteiger charge is 2.25. The van der Waals surface area contributed by atoms with E-state index in [0.29, 0.717) is 25.8 Å². The lowest BCUT2D eigenvalue weighted by atomic mass is 9.94. The summed E-state index contributed by atoms with van der Waals surface area (Å²) in [5.41, 5.74) is -0.974. The molecule has 0 unspecified atom stereocenters. The van der Waals surface area contributed by atoms with Crippen molar-refractivity contribution in [3.63, 3.8) is 0 Å². The lowest BCUT2D eigenvalue weighted by Crippen LogP contribution is -2.43. The van der Waals surface area contributed by atoms with Crippen LogP contribution < -0.4 is 10.9 Å². The van der Waals surface area contributed by atoms with Crippen molar-refractivity contribution in [2.75, 3.05) is 13.2 Å². The molecule has 118 valence electrons. The Kier molecular flexibility index (Phi) is 6.58. The largest absolute Gasteiger partial charge is 0.396 e. The Balaban J connectivity index is 2.68. The molecule has 1 heterocycles. The molecule has 0 fully saturated rings. The molecule has 0 saturated carbocycles. The van der Waals surface area contributed by atoms with Gasteiger partial charge in [0.2, 0.25) is 0 Å². The quantitative estimate of drug-likeness (QED) is 0.652. The summed E-state index contributed by atoms with van der Waals surface area (Å²) in [7, 11) is 0. The maximum atomic E-state index is 12.0. The van der Waals surface area contributed by atoms with Crippen LogP contribution in [0.1, 0.15) is 43.5 Å². The predicted octanol–water partition coefficient (Wildman–Crippen LogP) is 0.512. The molecule has 1 amide bonds. The number of rotatable bonds is 8. The summed E-state index contributed by atoms with van der Waals surface area (Å²) in [6.45, 7) is 4.33. The van der Waals surface area contributed by atoms with Gasteiger partial charge in [0.15, 0.2) is 0 Å². The molecule has 0 radical (unpaired) electrons. The third kappa shape index (κ3) is 4.99. The molecule has 0 aliphatic rings. The number of carbonyl (C=O) groups excluding carboxylic acids is 1. The number of hydrogen-bond donors (Lipinski definition) is 3. The molecule has 1 aromatic rings. The van der Waals surface area contributed by atoms with E-state index in [1.165, 1.54) is 10.6 Å². The zero-order chi connectivity index (χ0) is 15.9. The summed E-state index contributed by atoms with van der Waals surface area (Å²) in [4.78, 5) is 23.7. The third-order valence-corrected chi connectivity index (χ3v) is 3.64. The number of hydrogen-bond acceptors (Lipinski definition) is 4. The van der Waals surface area contributed by atoms with Gasteiger partial charge in [-0.25, -0.2) is 0 Å². The smallest absolute Gasteiger partial charge is 0.251 e. The SMILES string of the molecule is CCn1ccc(C(=O)NC[C@@](O)(CC)CCCO)cc1=O. The van der Waals surface area contributed by atoms with Crippen molar-refractivity contribution in [2.24, 2.45) is 0 Å². The first-order valence-corrected chi connectivity index (χ1v) is 7.27. The van der Waals surface area contributed by atoms with E-state index in [1.807, 2.05) is 13.8 Å². The molecule has 0 bridgehead atoms. The van der Waals surface area contributed by atoms with E-state index in [1.54, 1.807) is 12.3 Å². The lowest BCUT2D eigenvalue weighted by Gasteiger charge is -2.26. The van der Waals surface area contributed by atoms with Crippen LogP contribution in [0.5, 0.6) is 0 Å². The van der Waals surface area contributed by atoms with Gasteiger partial charge in [-0.15, -0.1) is 0 Å². The number of aliphatic hydroxyl groups is 2. The number of carbonyl (C=O) groups is 1. The molecule has 21 heavy (non-hydrogen) atoms. The van der Waals surface area contributed by atoms with Crippen molar-refractivity contribution < 1.29 is 15.0 Å². The van der Waals surface area contributed by atoms with Gasteiger partial charge in [0, 0.05) is 37.5 Å². The molecule has 0 aliphatic heterocycles. The highest BCUT2D eigenvalue weighted by atomic mass is 16.3. The van der Waals surface area contributed by atoms with Gasteiger partial charge in [0.1, 0.15) is 0 Å². The molecule has 0 aliphatic carbocycles. The van der Waals surface area contributed by atoms with Crippen LogP contribution in [0.25, 0.3) is 0 Å². The Bertz CT molecular complexity index is 527. The lowest BCUT2D eigenvalue weighted by molar-refractivity contribution is 0.0212. The van der Waals surface area contributed by atoms with Gasteiger partial charge in [0.05, 0.1) is 5.60 Å². The van der Waals surface area contributed by atoms with Crippen LogP contribution in [0.15, 0.2) is 23.1 Å². The number of nitrogens with one attached hydrogen (secondary N) is 1. The number of aromatic nitrogens is 1. The van der Waals surface area contributed by atoms with Crippen molar-refractivity contribution in [1.82, 2.24) is 9.88 Å². The summed E-state index contributed by atoms with van der Waals surface area (Å²) in [6, 6.07) is 2.87. The van der Waals surface area contributed by atoms with E-state index >= 15 is 0 Å². The highest BCUT2D eigenvalue weighted by Crippen LogP contribution is 2.16. The molecule has 6 nitrogen and oxygen atoms in total. The van der Waals surface area contributed by atoms with Crippen LogP contribution >= 0.6 is 0 Å². The Labute approximate surface area is 124 Å². The van der Waals surface area contributed by atoms with Crippen LogP contribution in [0.4, 0.5) is 0 Å². The van der Waals surface area contributed by atoms with Gasteiger partial charge in [-0.1, -0.05) is 6.92 Å². The molecule has 1 aromatic heterocycles. The second-order valence-corrected chi connectivity index (χ2v) is 5.13. The normalized spacial score (nSPS) is 13.7. The van der Waals surface area contributed by atoms with Crippen molar-refractivity contribution >= 4 is 5.91 Å². The zero-order valence-electron chi connectivity index (χ0n) is 12.6. The second-order valence-electron chi connectivity index (χ2n) is 5.13. The third-order valence-electron chi connectivity index (χ3n) is 3.64. The minimum absolute atomic E-state index is 0.00546. The summed E-state index contributed by atoms with van der Waals surface area (Å²) in [5.74, 6) is -0.383. The molecule has 0 spiro atoms. The van der Waals surface area contributed by atoms with Crippen LogP contribution in [-0.2, 0) is 6.54 Å². The van der Waals surface area contributed by atoms with E-state index in [2.05, 4.69) is 5.32 Å². The Hall–Kier alpha value is -1.66. The second kappa shape index (κ2) is 7.95. The summed E-state index contributed by atoms with van der Waals surface area (Å²) >= 11 is 0. The first kappa shape index (κ1) is 17.4. The minimum atomic E-state index is -1.03. The Morgan fingerprint density at radius 1 is 1.43 bits per heavy atom. The van der Waals surface area contributed by atoms with Crippen molar-refractivity contribution in [3.05, 3.63) is 34.2 Å². The molecular weight excluding hydrogens is 272 g/mol. The predicted molar refractivity (Wildman–Crippen MR) is 80.3 cm³/mol. The molecule has 1 rings (SSSR count). The molecule has 0 saturated heterocycles. The average Bonchev–Trinajstić information content (AvgIpc) is 2.50. The van der Waals surface area contributed by atoms with E-state index in [0.717, 1.165) is 0 Å². The minimum Gasteiger partial charge on any atom is -0.396 e. The fraction of sp³-hybridized carbons (Fsp3) is 0.600. The van der Waals surface area contributed by atoms with Crippen molar-refractivity contribution in [3.8, 4) is 0 Å². The molecule has 6 heteroatoms. The van der Waals surface area contributed by atoms with E-state index in [-0.39, 0.29) is 30.2 Å². The van der Waals surface area contributed by atoms with Gasteiger partial charge in [0.25, 0.3) is 11.5 Å². The van der Waals surface area contributed by atoms with E-state index < -0.39 is 5.60 Å². The zero-order valence-corrected chi connectivity index (χ0v) is 12.6. The molecular formula is C15H24N2O4. The monoisotopic (exact) mass is 296 g/mol. The van der Waals surface area contributed by atoms with E-state index in [4.69, 9.17) is 5.11 Å². The highest BCUT2D eigenvalue weighted by molar-refractivity contribution is 5.94. The molecule has 0 aromatic carbocycles.